The number of nitrogens with one attached hydrogen (secondary N) is 1. The van der Waals surface area contributed by atoms with Crippen molar-refractivity contribution in [2.45, 2.75) is 120 Å². The Morgan fingerprint density at radius 2 is 1.22 bits per heavy atom. The highest BCUT2D eigenvalue weighted by Crippen LogP contribution is 2.33. The zero-order chi connectivity index (χ0) is 16.4. The van der Waals surface area contributed by atoms with Crippen LogP contribution < -0.4 is 5.32 Å². The normalized spacial score (nSPS) is 34.4. The molecule has 2 heteroatoms. The van der Waals surface area contributed by atoms with E-state index in [1.54, 1.807) is 0 Å². The summed E-state index contributed by atoms with van der Waals surface area (Å²) in [6, 6.07) is 0.791. The van der Waals surface area contributed by atoms with Crippen LogP contribution in [0.25, 0.3) is 0 Å². The minimum absolute atomic E-state index is 0.385. The number of hydrogen-bond acceptors (Lipinski definition) is 1. The van der Waals surface area contributed by atoms with Crippen molar-refractivity contribution >= 4 is 15.9 Å². The average molecular weight is 386 g/mol. The van der Waals surface area contributed by atoms with Crippen molar-refractivity contribution in [1.29, 1.82) is 0 Å². The van der Waals surface area contributed by atoms with E-state index in [0.29, 0.717) is 4.32 Å². The molecule has 0 amide bonds. The molecule has 2 rings (SSSR count). The van der Waals surface area contributed by atoms with Crippen molar-refractivity contribution in [3.63, 3.8) is 0 Å². The lowest BCUT2D eigenvalue weighted by Gasteiger charge is -2.29. The molecule has 2 atom stereocenters. The lowest BCUT2D eigenvalue weighted by molar-refractivity contribution is 0.280. The first-order chi connectivity index (χ1) is 11.2. The van der Waals surface area contributed by atoms with Crippen molar-refractivity contribution in [1.82, 2.24) is 5.32 Å². The molecule has 0 aromatic rings. The molecule has 1 nitrogen and oxygen atoms in total. The molecule has 2 aliphatic rings. The van der Waals surface area contributed by atoms with Crippen LogP contribution in [0.3, 0.4) is 0 Å². The van der Waals surface area contributed by atoms with Crippen LogP contribution >= 0.6 is 15.9 Å². The fourth-order valence-corrected chi connectivity index (χ4v) is 5.22. The SMILES string of the molecule is CC1(Br)CCCNC(C2CCCCCCCCCCC2)CCC1. The lowest BCUT2D eigenvalue weighted by Crippen LogP contribution is -2.36. The number of hydrogen-bond donors (Lipinski definition) is 1. The standard InChI is InChI=1S/C21H40BrN/c1-21(22)16-11-15-20(23-18-12-17-21)19-13-9-7-5-3-2-4-6-8-10-14-19/h19-20,23H,2-18H2,1H3. The molecule has 0 bridgehead atoms. The van der Waals surface area contributed by atoms with Gasteiger partial charge in [-0.25, -0.2) is 0 Å². The minimum Gasteiger partial charge on any atom is -0.314 e. The Morgan fingerprint density at radius 1 is 0.696 bits per heavy atom. The van der Waals surface area contributed by atoms with E-state index < -0.39 is 0 Å². The van der Waals surface area contributed by atoms with Gasteiger partial charge in [-0.3, -0.25) is 0 Å². The molecule has 0 aromatic heterocycles. The largest absolute Gasteiger partial charge is 0.314 e. The van der Waals surface area contributed by atoms with Gasteiger partial charge in [0.1, 0.15) is 0 Å². The fraction of sp³-hybridized carbons (Fsp3) is 1.00. The summed E-state index contributed by atoms with van der Waals surface area (Å²) in [5.74, 6) is 0.939. The van der Waals surface area contributed by atoms with Gasteiger partial charge in [-0.2, -0.15) is 0 Å². The summed E-state index contributed by atoms with van der Waals surface area (Å²) >= 11 is 3.96. The van der Waals surface area contributed by atoms with Gasteiger partial charge in [0.25, 0.3) is 0 Å². The highest BCUT2D eigenvalue weighted by molar-refractivity contribution is 9.10. The van der Waals surface area contributed by atoms with Crippen LogP contribution in [0.2, 0.25) is 0 Å². The summed E-state index contributed by atoms with van der Waals surface area (Å²) in [6.45, 7) is 3.62. The maximum absolute atomic E-state index is 3.96. The smallest absolute Gasteiger partial charge is 0.0230 e. The van der Waals surface area contributed by atoms with Crippen molar-refractivity contribution in [3.8, 4) is 0 Å². The van der Waals surface area contributed by atoms with Crippen LogP contribution in [0.1, 0.15) is 110 Å². The zero-order valence-electron chi connectivity index (χ0n) is 15.6. The molecule has 136 valence electrons. The third kappa shape index (κ3) is 8.38. The Balaban J connectivity index is 1.85. The van der Waals surface area contributed by atoms with E-state index in [2.05, 4.69) is 28.2 Å². The predicted molar refractivity (Wildman–Crippen MR) is 106 cm³/mol. The van der Waals surface area contributed by atoms with Crippen LogP contribution in [-0.2, 0) is 0 Å². The van der Waals surface area contributed by atoms with Gasteiger partial charge < -0.3 is 5.32 Å². The first-order valence-corrected chi connectivity index (χ1v) is 11.4. The Hall–Kier alpha value is 0.440. The van der Waals surface area contributed by atoms with E-state index in [-0.39, 0.29) is 0 Å². The maximum atomic E-state index is 3.96. The second kappa shape index (κ2) is 11.1. The summed E-state index contributed by atoms with van der Waals surface area (Å²) in [5, 5.41) is 3.96. The van der Waals surface area contributed by atoms with Gasteiger partial charge in [0.15, 0.2) is 0 Å². The van der Waals surface area contributed by atoms with Gasteiger partial charge in [0.05, 0.1) is 0 Å². The topological polar surface area (TPSA) is 12.0 Å². The van der Waals surface area contributed by atoms with E-state index in [1.165, 1.54) is 109 Å². The second-order valence-electron chi connectivity index (χ2n) is 8.49. The van der Waals surface area contributed by atoms with Crippen molar-refractivity contribution < 1.29 is 0 Å². The van der Waals surface area contributed by atoms with E-state index in [0.717, 1.165) is 12.0 Å². The quantitative estimate of drug-likeness (QED) is 0.479. The molecule has 2 fully saturated rings. The molecule has 1 saturated heterocycles. The molecule has 0 spiro atoms. The first kappa shape index (κ1) is 19.8. The summed E-state index contributed by atoms with van der Waals surface area (Å²) in [4.78, 5) is 0. The lowest BCUT2D eigenvalue weighted by atomic mass is 9.84. The van der Waals surface area contributed by atoms with Crippen LogP contribution in [0.15, 0.2) is 0 Å². The van der Waals surface area contributed by atoms with Crippen molar-refractivity contribution in [2.75, 3.05) is 6.54 Å². The van der Waals surface area contributed by atoms with E-state index in [1.807, 2.05) is 0 Å². The molecule has 1 saturated carbocycles. The number of rotatable bonds is 1. The second-order valence-corrected chi connectivity index (χ2v) is 10.4. The van der Waals surface area contributed by atoms with Gasteiger partial charge in [-0.05, 0) is 57.9 Å². The highest BCUT2D eigenvalue weighted by atomic mass is 79.9. The molecule has 2 unspecified atom stereocenters. The molecule has 1 heterocycles. The molecule has 1 aliphatic heterocycles. The van der Waals surface area contributed by atoms with Gasteiger partial charge in [0.2, 0.25) is 0 Å². The summed E-state index contributed by atoms with van der Waals surface area (Å²) in [7, 11) is 0. The summed E-state index contributed by atoms with van der Waals surface area (Å²) < 4.78 is 0.385. The average Bonchev–Trinajstić information content (AvgIpc) is 2.58. The zero-order valence-corrected chi connectivity index (χ0v) is 17.1. The van der Waals surface area contributed by atoms with Crippen molar-refractivity contribution in [2.24, 2.45) is 5.92 Å². The summed E-state index contributed by atoms with van der Waals surface area (Å²) in [5.41, 5.74) is 0. The molecule has 0 aromatic carbocycles. The number of halogens is 1. The summed E-state index contributed by atoms with van der Waals surface area (Å²) in [6.07, 6.45) is 23.0. The van der Waals surface area contributed by atoms with Gasteiger partial charge in [-0.1, -0.05) is 80.1 Å². The van der Waals surface area contributed by atoms with Crippen molar-refractivity contribution in [3.05, 3.63) is 0 Å². The molecule has 1 aliphatic carbocycles. The Morgan fingerprint density at radius 3 is 1.83 bits per heavy atom. The first-order valence-electron chi connectivity index (χ1n) is 10.6. The predicted octanol–water partition coefficient (Wildman–Crippen LogP) is 6.98. The Bertz CT molecular complexity index is 290. The fourth-order valence-electron chi connectivity index (χ4n) is 4.66. The Labute approximate surface area is 153 Å². The third-order valence-electron chi connectivity index (χ3n) is 6.21. The van der Waals surface area contributed by atoms with Crippen LogP contribution in [0, 0.1) is 5.92 Å². The van der Waals surface area contributed by atoms with Gasteiger partial charge in [0, 0.05) is 10.4 Å². The molecular weight excluding hydrogens is 346 g/mol. The third-order valence-corrected chi connectivity index (χ3v) is 7.01. The molecule has 23 heavy (non-hydrogen) atoms. The van der Waals surface area contributed by atoms with Crippen LogP contribution in [-0.4, -0.2) is 16.9 Å². The molecular formula is C21H40BrN. The van der Waals surface area contributed by atoms with E-state index in [4.69, 9.17) is 0 Å². The highest BCUT2D eigenvalue weighted by Gasteiger charge is 2.25. The molecule has 0 radical (unpaired) electrons. The van der Waals surface area contributed by atoms with Gasteiger partial charge in [-0.15, -0.1) is 0 Å². The van der Waals surface area contributed by atoms with Gasteiger partial charge >= 0.3 is 0 Å². The van der Waals surface area contributed by atoms with Crippen LogP contribution in [0.5, 0.6) is 0 Å². The van der Waals surface area contributed by atoms with Crippen LogP contribution in [0.4, 0.5) is 0 Å². The minimum atomic E-state index is 0.385. The Kier molecular flexibility index (Phi) is 9.56. The maximum Gasteiger partial charge on any atom is 0.0230 e. The molecule has 1 N–H and O–H groups in total. The van der Waals surface area contributed by atoms with E-state index in [9.17, 15) is 0 Å². The van der Waals surface area contributed by atoms with E-state index >= 15 is 0 Å². The monoisotopic (exact) mass is 385 g/mol. The number of alkyl halides is 1.